The molecule has 12 nitrogen and oxygen atoms in total. The fourth-order valence-electron chi connectivity index (χ4n) is 4.40. The van der Waals surface area contributed by atoms with Crippen molar-refractivity contribution < 1.29 is 9.53 Å². The van der Waals surface area contributed by atoms with Crippen LogP contribution in [-0.4, -0.2) is 73.9 Å². The van der Waals surface area contributed by atoms with Crippen LogP contribution in [0.5, 0.6) is 5.88 Å². The quantitative estimate of drug-likeness (QED) is 0.380. The molecule has 0 spiro atoms. The predicted octanol–water partition coefficient (Wildman–Crippen LogP) is 1.89. The Labute approximate surface area is 200 Å². The van der Waals surface area contributed by atoms with Crippen molar-refractivity contribution in [1.29, 1.82) is 0 Å². The molecule has 1 amide bonds. The van der Waals surface area contributed by atoms with Crippen LogP contribution < -0.4 is 4.74 Å². The van der Waals surface area contributed by atoms with Gasteiger partial charge in [0.25, 0.3) is 5.91 Å². The van der Waals surface area contributed by atoms with E-state index in [1.54, 1.807) is 40.4 Å². The highest BCUT2D eigenvalue weighted by Gasteiger charge is 2.31. The number of hydrogen-bond donors (Lipinski definition) is 0. The molecule has 0 saturated carbocycles. The minimum absolute atomic E-state index is 0.112. The zero-order valence-corrected chi connectivity index (χ0v) is 19.7. The summed E-state index contributed by atoms with van der Waals surface area (Å²) in [4.78, 5) is 33.2. The van der Waals surface area contributed by atoms with E-state index in [1.165, 1.54) is 0 Å². The second kappa shape index (κ2) is 8.15. The number of nitrogens with zero attached hydrogens (tertiary/aromatic N) is 10. The number of hydrogen-bond acceptors (Lipinski definition) is 8. The molecule has 0 aromatic carbocycles. The topological polar surface area (TPSA) is 121 Å². The number of amides is 1. The summed E-state index contributed by atoms with van der Waals surface area (Å²) in [6.45, 7) is 5.73. The van der Waals surface area contributed by atoms with Crippen molar-refractivity contribution in [2.24, 2.45) is 7.05 Å². The monoisotopic (exact) mass is 472 g/mol. The van der Waals surface area contributed by atoms with Gasteiger partial charge in [-0.15, -0.1) is 0 Å². The van der Waals surface area contributed by atoms with Gasteiger partial charge in [0.1, 0.15) is 11.7 Å². The summed E-state index contributed by atoms with van der Waals surface area (Å²) >= 11 is 0. The molecule has 0 radical (unpaired) electrons. The molecule has 0 bridgehead atoms. The molecule has 6 heterocycles. The van der Waals surface area contributed by atoms with Gasteiger partial charge >= 0.3 is 0 Å². The first-order chi connectivity index (χ1) is 17.0. The van der Waals surface area contributed by atoms with Crippen molar-refractivity contribution >= 4 is 22.7 Å². The number of ether oxygens (including phenoxy) is 1. The molecule has 5 aromatic heterocycles. The van der Waals surface area contributed by atoms with Crippen molar-refractivity contribution in [3.63, 3.8) is 0 Å². The predicted molar refractivity (Wildman–Crippen MR) is 126 cm³/mol. The molecule has 1 unspecified atom stereocenters. The van der Waals surface area contributed by atoms with E-state index in [0.717, 1.165) is 17.8 Å². The van der Waals surface area contributed by atoms with Gasteiger partial charge in [0, 0.05) is 45.1 Å². The lowest BCUT2D eigenvalue weighted by Crippen LogP contribution is -2.31. The third kappa shape index (κ3) is 3.57. The van der Waals surface area contributed by atoms with E-state index >= 15 is 0 Å². The third-order valence-corrected chi connectivity index (χ3v) is 6.26. The van der Waals surface area contributed by atoms with Gasteiger partial charge in [0.15, 0.2) is 22.6 Å². The van der Waals surface area contributed by atoms with Gasteiger partial charge in [-0.05, 0) is 19.9 Å². The van der Waals surface area contributed by atoms with Crippen molar-refractivity contribution in [3.8, 4) is 17.3 Å². The lowest BCUT2D eigenvalue weighted by atomic mass is 10.2. The molecule has 5 aromatic rings. The minimum atomic E-state index is -0.221. The van der Waals surface area contributed by atoms with E-state index in [4.69, 9.17) is 14.7 Å². The van der Waals surface area contributed by atoms with E-state index in [1.807, 2.05) is 36.3 Å². The molecular weight excluding hydrogens is 448 g/mol. The molecule has 0 aliphatic carbocycles. The van der Waals surface area contributed by atoms with Gasteiger partial charge in [-0.25, -0.2) is 19.5 Å². The lowest BCUT2D eigenvalue weighted by Gasteiger charge is -2.16. The standard InChI is InChI=1S/C23H24N10O2/c1-4-32-12-17(14(2)29-32)19-27-21-18(25-13-30(21)3)22(28-19)35-15-6-9-31(11-15)23(34)16-10-26-33-8-5-7-24-20(16)33/h5,7-8,10,12-13,15H,4,6,9,11H2,1-3H3. The maximum atomic E-state index is 13.2. The molecule has 1 aliphatic rings. The van der Waals surface area contributed by atoms with Gasteiger partial charge in [-0.1, -0.05) is 0 Å². The molecule has 1 fully saturated rings. The average Bonchev–Trinajstić information content (AvgIpc) is 3.65. The van der Waals surface area contributed by atoms with Crippen LogP contribution in [0.4, 0.5) is 0 Å². The summed E-state index contributed by atoms with van der Waals surface area (Å²) in [5.74, 6) is 0.835. The van der Waals surface area contributed by atoms with Crippen LogP contribution in [0, 0.1) is 6.92 Å². The molecule has 1 aliphatic heterocycles. The summed E-state index contributed by atoms with van der Waals surface area (Å²) in [6.07, 6.45) is 9.08. The highest BCUT2D eigenvalue weighted by molar-refractivity contribution is 5.99. The molecule has 12 heteroatoms. The van der Waals surface area contributed by atoms with Crippen LogP contribution >= 0.6 is 0 Å². The molecule has 1 saturated heterocycles. The number of imidazole rings is 1. The Kier molecular flexibility index (Phi) is 4.94. The first-order valence-electron chi connectivity index (χ1n) is 11.5. The largest absolute Gasteiger partial charge is 0.471 e. The van der Waals surface area contributed by atoms with E-state index < -0.39 is 0 Å². The van der Waals surface area contributed by atoms with Gasteiger partial charge in [-0.2, -0.15) is 15.2 Å². The summed E-state index contributed by atoms with van der Waals surface area (Å²) in [5.41, 5.74) is 3.99. The molecule has 1 atom stereocenters. The second-order valence-electron chi connectivity index (χ2n) is 8.59. The van der Waals surface area contributed by atoms with Crippen LogP contribution in [0.3, 0.4) is 0 Å². The lowest BCUT2D eigenvalue weighted by molar-refractivity contribution is 0.0773. The van der Waals surface area contributed by atoms with Crippen LogP contribution in [0.2, 0.25) is 0 Å². The highest BCUT2D eigenvalue weighted by atomic mass is 16.5. The molecule has 6 rings (SSSR count). The van der Waals surface area contributed by atoms with E-state index in [9.17, 15) is 4.79 Å². The molecule has 35 heavy (non-hydrogen) atoms. The first-order valence-corrected chi connectivity index (χ1v) is 11.5. The maximum absolute atomic E-state index is 13.2. The summed E-state index contributed by atoms with van der Waals surface area (Å²) in [5, 5.41) is 8.75. The zero-order chi connectivity index (χ0) is 24.1. The fraction of sp³-hybridized carbons (Fsp3) is 0.348. The van der Waals surface area contributed by atoms with Gasteiger partial charge in [-0.3, -0.25) is 9.48 Å². The number of aryl methyl sites for hydroxylation is 3. The Bertz CT molecular complexity index is 1570. The zero-order valence-electron chi connectivity index (χ0n) is 19.7. The normalized spacial score (nSPS) is 16.0. The van der Waals surface area contributed by atoms with E-state index in [-0.39, 0.29) is 12.0 Å². The highest BCUT2D eigenvalue weighted by Crippen LogP contribution is 2.29. The number of carbonyl (C=O) groups is 1. The van der Waals surface area contributed by atoms with Crippen LogP contribution in [0.1, 0.15) is 29.4 Å². The molecule has 178 valence electrons. The van der Waals surface area contributed by atoms with Crippen molar-refractivity contribution in [2.75, 3.05) is 13.1 Å². The second-order valence-corrected chi connectivity index (χ2v) is 8.59. The Morgan fingerprint density at radius 1 is 1.23 bits per heavy atom. The Hall–Kier alpha value is -4.35. The van der Waals surface area contributed by atoms with Crippen LogP contribution in [0.25, 0.3) is 28.2 Å². The average molecular weight is 473 g/mol. The fourth-order valence-corrected chi connectivity index (χ4v) is 4.40. The number of fused-ring (bicyclic) bond motifs is 2. The third-order valence-electron chi connectivity index (χ3n) is 6.26. The summed E-state index contributed by atoms with van der Waals surface area (Å²) in [7, 11) is 1.89. The van der Waals surface area contributed by atoms with Crippen molar-refractivity contribution in [2.45, 2.75) is 32.9 Å². The first kappa shape index (κ1) is 21.2. The van der Waals surface area contributed by atoms with E-state index in [0.29, 0.717) is 53.6 Å². The summed E-state index contributed by atoms with van der Waals surface area (Å²) in [6, 6.07) is 1.77. The Morgan fingerprint density at radius 3 is 2.94 bits per heavy atom. The maximum Gasteiger partial charge on any atom is 0.259 e. The van der Waals surface area contributed by atoms with Crippen LogP contribution in [-0.2, 0) is 13.6 Å². The Morgan fingerprint density at radius 2 is 2.11 bits per heavy atom. The number of rotatable bonds is 5. The van der Waals surface area contributed by atoms with Gasteiger partial charge < -0.3 is 14.2 Å². The summed E-state index contributed by atoms with van der Waals surface area (Å²) < 4.78 is 11.6. The SMILES string of the molecule is CCn1cc(-c2nc(OC3CCN(C(=O)c4cnn5cccnc45)C3)c3ncn(C)c3n2)c(C)n1. The smallest absolute Gasteiger partial charge is 0.259 e. The molecule has 0 N–H and O–H groups in total. The van der Waals surface area contributed by atoms with Crippen LogP contribution in [0.15, 0.2) is 37.2 Å². The van der Waals surface area contributed by atoms with Gasteiger partial charge in [0.2, 0.25) is 5.88 Å². The number of aromatic nitrogens is 9. The van der Waals surface area contributed by atoms with Crippen molar-refractivity contribution in [1.82, 2.24) is 48.8 Å². The Balaban J connectivity index is 1.28. The van der Waals surface area contributed by atoms with E-state index in [2.05, 4.69) is 20.2 Å². The van der Waals surface area contributed by atoms with Gasteiger partial charge in [0.05, 0.1) is 30.3 Å². The van der Waals surface area contributed by atoms with Crippen molar-refractivity contribution in [3.05, 3.63) is 48.4 Å². The molecular formula is C23H24N10O2. The number of likely N-dealkylation sites (tertiary alicyclic amines) is 1. The number of carbonyl (C=O) groups excluding carboxylic acids is 1. The minimum Gasteiger partial charge on any atom is -0.471 e.